The predicted octanol–water partition coefficient (Wildman–Crippen LogP) is 1.51. The minimum Gasteiger partial charge on any atom is -0.477 e. The smallest absolute Gasteiger partial charge is 0.225 e. The van der Waals surface area contributed by atoms with E-state index in [0.29, 0.717) is 11.8 Å². The van der Waals surface area contributed by atoms with E-state index in [1.807, 2.05) is 0 Å². The number of aromatic nitrogens is 2. The summed E-state index contributed by atoms with van der Waals surface area (Å²) in [6.07, 6.45) is 3.94. The minimum absolute atomic E-state index is 0.234. The number of rotatable bonds is 3. The van der Waals surface area contributed by atoms with Gasteiger partial charge in [0, 0.05) is 12.3 Å². The average Bonchev–Trinajstić information content (AvgIpc) is 2.28. The van der Waals surface area contributed by atoms with Crippen molar-refractivity contribution in [3.63, 3.8) is 0 Å². The van der Waals surface area contributed by atoms with Crippen LogP contribution in [-0.2, 0) is 0 Å². The number of nitrogens with zero attached hydrogens (tertiary/aromatic N) is 2. The molecule has 15 heavy (non-hydrogen) atoms. The largest absolute Gasteiger partial charge is 0.477 e. The molecule has 0 atom stereocenters. The van der Waals surface area contributed by atoms with Gasteiger partial charge in [-0.05, 0) is 43.5 Å². The number of hydrogen-bond donors (Lipinski definition) is 1. The second-order valence-electron chi connectivity index (χ2n) is 3.67. The maximum absolute atomic E-state index is 5.65. The van der Waals surface area contributed by atoms with Crippen LogP contribution in [0.4, 0.5) is 0 Å². The first-order valence-corrected chi connectivity index (χ1v) is 5.54. The molecule has 4 nitrogen and oxygen atoms in total. The van der Waals surface area contributed by atoms with Gasteiger partial charge in [-0.15, -0.1) is 0 Å². The Morgan fingerprint density at radius 3 is 3.00 bits per heavy atom. The van der Waals surface area contributed by atoms with E-state index in [9.17, 15) is 0 Å². The Bertz CT molecular complexity index is 315. The van der Waals surface area contributed by atoms with E-state index in [4.69, 9.17) is 16.3 Å². The number of piperidine rings is 1. The van der Waals surface area contributed by atoms with Gasteiger partial charge in [-0.25, -0.2) is 4.98 Å². The van der Waals surface area contributed by atoms with Crippen LogP contribution in [0.15, 0.2) is 12.3 Å². The molecule has 5 heteroatoms. The van der Waals surface area contributed by atoms with Crippen molar-refractivity contribution in [1.29, 1.82) is 0 Å². The van der Waals surface area contributed by atoms with Gasteiger partial charge in [0.2, 0.25) is 11.2 Å². The number of halogens is 1. The van der Waals surface area contributed by atoms with E-state index in [1.54, 1.807) is 12.3 Å². The molecule has 1 aromatic rings. The molecule has 0 radical (unpaired) electrons. The minimum atomic E-state index is 0.234. The van der Waals surface area contributed by atoms with Crippen LogP contribution >= 0.6 is 11.6 Å². The third kappa shape index (κ3) is 3.32. The lowest BCUT2D eigenvalue weighted by Gasteiger charge is -2.22. The van der Waals surface area contributed by atoms with Crippen LogP contribution in [0.25, 0.3) is 0 Å². The summed E-state index contributed by atoms with van der Waals surface area (Å²) in [6, 6.07) is 1.73. The average molecular weight is 228 g/mol. The van der Waals surface area contributed by atoms with Gasteiger partial charge in [-0.3, -0.25) is 0 Å². The standard InChI is InChI=1S/C10H14ClN3O/c11-10-13-6-3-9(14-10)15-7-8-1-4-12-5-2-8/h3,6,8,12H,1-2,4-5,7H2. The van der Waals surface area contributed by atoms with E-state index >= 15 is 0 Å². The van der Waals surface area contributed by atoms with E-state index in [0.717, 1.165) is 19.7 Å². The monoisotopic (exact) mass is 227 g/mol. The van der Waals surface area contributed by atoms with Crippen molar-refractivity contribution in [3.05, 3.63) is 17.5 Å². The van der Waals surface area contributed by atoms with E-state index in [1.165, 1.54) is 12.8 Å². The summed E-state index contributed by atoms with van der Waals surface area (Å²) in [5, 5.41) is 3.55. The second-order valence-corrected chi connectivity index (χ2v) is 4.01. The number of ether oxygens (including phenoxy) is 1. The zero-order chi connectivity index (χ0) is 10.5. The van der Waals surface area contributed by atoms with Crippen molar-refractivity contribution in [2.45, 2.75) is 12.8 Å². The van der Waals surface area contributed by atoms with Crippen LogP contribution in [-0.4, -0.2) is 29.7 Å². The molecule has 1 aliphatic rings. The third-order valence-corrected chi connectivity index (χ3v) is 2.71. The zero-order valence-electron chi connectivity index (χ0n) is 8.45. The molecule has 0 unspecified atom stereocenters. The molecule has 0 saturated carbocycles. The summed E-state index contributed by atoms with van der Waals surface area (Å²) in [5.74, 6) is 1.19. The maximum atomic E-state index is 5.65. The molecule has 0 bridgehead atoms. The highest BCUT2D eigenvalue weighted by Crippen LogP contribution is 2.14. The molecule has 0 spiro atoms. The Labute approximate surface area is 94.0 Å². The first-order chi connectivity index (χ1) is 7.34. The Kier molecular flexibility index (Phi) is 3.75. The molecular weight excluding hydrogens is 214 g/mol. The van der Waals surface area contributed by atoms with Crippen molar-refractivity contribution in [3.8, 4) is 5.88 Å². The van der Waals surface area contributed by atoms with Gasteiger partial charge >= 0.3 is 0 Å². The molecular formula is C10H14ClN3O. The van der Waals surface area contributed by atoms with Crippen molar-refractivity contribution in [1.82, 2.24) is 15.3 Å². The number of nitrogens with one attached hydrogen (secondary N) is 1. The fraction of sp³-hybridized carbons (Fsp3) is 0.600. The van der Waals surface area contributed by atoms with Gasteiger partial charge in [0.05, 0.1) is 6.61 Å². The summed E-state index contributed by atoms with van der Waals surface area (Å²) in [6.45, 7) is 2.88. The Balaban J connectivity index is 1.81. The van der Waals surface area contributed by atoms with Crippen molar-refractivity contribution in [2.75, 3.05) is 19.7 Å². The van der Waals surface area contributed by atoms with Crippen LogP contribution in [0, 0.1) is 5.92 Å². The molecule has 82 valence electrons. The van der Waals surface area contributed by atoms with E-state index in [-0.39, 0.29) is 5.28 Å². The molecule has 0 aliphatic carbocycles. The first-order valence-electron chi connectivity index (χ1n) is 5.16. The van der Waals surface area contributed by atoms with E-state index < -0.39 is 0 Å². The highest BCUT2D eigenvalue weighted by atomic mass is 35.5. The van der Waals surface area contributed by atoms with Gasteiger partial charge in [0.25, 0.3) is 0 Å². The lowest BCUT2D eigenvalue weighted by atomic mass is 9.99. The van der Waals surface area contributed by atoms with Crippen LogP contribution < -0.4 is 10.1 Å². The lowest BCUT2D eigenvalue weighted by Crippen LogP contribution is -2.30. The van der Waals surface area contributed by atoms with Crippen LogP contribution in [0.3, 0.4) is 0 Å². The summed E-state index contributed by atoms with van der Waals surface area (Å²) in [4.78, 5) is 7.77. The molecule has 1 saturated heterocycles. The highest BCUT2D eigenvalue weighted by Gasteiger charge is 2.13. The lowest BCUT2D eigenvalue weighted by molar-refractivity contribution is 0.208. The van der Waals surface area contributed by atoms with Crippen LogP contribution in [0.2, 0.25) is 5.28 Å². The molecule has 2 rings (SSSR count). The Hall–Kier alpha value is -0.870. The van der Waals surface area contributed by atoms with Gasteiger partial charge in [0.1, 0.15) is 0 Å². The van der Waals surface area contributed by atoms with Crippen molar-refractivity contribution < 1.29 is 4.74 Å². The van der Waals surface area contributed by atoms with Gasteiger partial charge < -0.3 is 10.1 Å². The fourth-order valence-electron chi connectivity index (χ4n) is 1.65. The molecule has 1 fully saturated rings. The molecule has 0 amide bonds. The molecule has 0 aromatic carbocycles. The highest BCUT2D eigenvalue weighted by molar-refractivity contribution is 6.28. The third-order valence-electron chi connectivity index (χ3n) is 2.53. The van der Waals surface area contributed by atoms with Crippen LogP contribution in [0.1, 0.15) is 12.8 Å². The molecule has 1 aromatic heterocycles. The van der Waals surface area contributed by atoms with E-state index in [2.05, 4.69) is 15.3 Å². The molecule has 1 N–H and O–H groups in total. The fourth-order valence-corrected chi connectivity index (χ4v) is 1.79. The topological polar surface area (TPSA) is 47.0 Å². The first kappa shape index (κ1) is 10.6. The van der Waals surface area contributed by atoms with Gasteiger partial charge in [0.15, 0.2) is 0 Å². The number of hydrogen-bond acceptors (Lipinski definition) is 4. The summed E-state index contributed by atoms with van der Waals surface area (Å²) in [7, 11) is 0. The van der Waals surface area contributed by atoms with Crippen molar-refractivity contribution >= 4 is 11.6 Å². The van der Waals surface area contributed by atoms with Gasteiger partial charge in [-0.2, -0.15) is 4.98 Å². The summed E-state index contributed by atoms with van der Waals surface area (Å²) < 4.78 is 5.56. The maximum Gasteiger partial charge on any atom is 0.225 e. The SMILES string of the molecule is Clc1nccc(OCC2CCNCC2)n1. The van der Waals surface area contributed by atoms with Crippen LogP contribution in [0.5, 0.6) is 5.88 Å². The summed E-state index contributed by atoms with van der Waals surface area (Å²) >= 11 is 5.65. The summed E-state index contributed by atoms with van der Waals surface area (Å²) in [5.41, 5.74) is 0. The quantitative estimate of drug-likeness (QED) is 0.796. The van der Waals surface area contributed by atoms with Gasteiger partial charge in [-0.1, -0.05) is 0 Å². The predicted molar refractivity (Wildman–Crippen MR) is 58.1 cm³/mol. The normalized spacial score (nSPS) is 17.7. The second kappa shape index (κ2) is 5.28. The molecule has 1 aliphatic heterocycles. The Morgan fingerprint density at radius 2 is 2.27 bits per heavy atom. The zero-order valence-corrected chi connectivity index (χ0v) is 9.20. The van der Waals surface area contributed by atoms with Crippen molar-refractivity contribution in [2.24, 2.45) is 5.92 Å². The molecule has 2 heterocycles. The Morgan fingerprint density at radius 1 is 1.47 bits per heavy atom.